The number of carboxylic acid groups (broad SMARTS) is 1. The van der Waals surface area contributed by atoms with Gasteiger partial charge in [-0.3, -0.25) is 0 Å². The van der Waals surface area contributed by atoms with Crippen LogP contribution in [0.2, 0.25) is 6.04 Å². The third-order valence-electron chi connectivity index (χ3n) is 5.24. The molecule has 0 radical (unpaired) electrons. The number of carboxylic acids is 1. The molecule has 0 aliphatic rings. The molecule has 0 heterocycles. The summed E-state index contributed by atoms with van der Waals surface area (Å²) in [4.78, 5) is 22.6. The summed E-state index contributed by atoms with van der Waals surface area (Å²) in [6, 6.07) is 5.97. The van der Waals surface area contributed by atoms with E-state index in [0.29, 0.717) is 70.1 Å². The molecule has 0 aliphatic heterocycles. The smallest absolute Gasteiger partial charge is 0.490 e. The first-order valence-electron chi connectivity index (χ1n) is 13.5. The Morgan fingerprint density at radius 3 is 2.11 bits per heavy atom. The van der Waals surface area contributed by atoms with Crippen LogP contribution < -0.4 is 14.8 Å². The van der Waals surface area contributed by atoms with Crippen molar-refractivity contribution in [1.82, 2.24) is 5.32 Å². The summed E-state index contributed by atoms with van der Waals surface area (Å²) >= 11 is 0. The molecule has 0 aliphatic carbocycles. The Morgan fingerprint density at radius 1 is 0.842 bits per heavy atom. The third kappa shape index (κ3) is 14.4. The maximum Gasteiger partial charge on any atom is 0.500 e. The fourth-order valence-electron chi connectivity index (χ4n) is 3.64. The number of hydrogen-bond acceptors (Lipinski definition) is 8. The highest BCUT2D eigenvalue weighted by Gasteiger charge is 2.39. The average Bonchev–Trinajstić information content (AvgIpc) is 2.88. The standard InChI is InChI=1S/C27H45NO9Si/c1-5-32-25-22-23(15-17-26(29)30)14-16-24(25)33-19-11-9-10-12-20-34-27(31)28-18-13-21-38(35-6-2,36-7-3)37-8-4/h14-17,22H,5-13,18-21H2,1-4H3,(H,28,31)(H,29,30). The second kappa shape index (κ2) is 20.4. The van der Waals surface area contributed by atoms with Crippen molar-refractivity contribution in [1.29, 1.82) is 0 Å². The molecule has 1 aromatic rings. The van der Waals surface area contributed by atoms with E-state index in [1.807, 2.05) is 27.7 Å². The number of carbonyl (C=O) groups is 2. The molecular formula is C27H45NO9Si. The Balaban J connectivity index is 2.21. The van der Waals surface area contributed by atoms with Gasteiger partial charge in [-0.15, -0.1) is 0 Å². The van der Waals surface area contributed by atoms with Crippen molar-refractivity contribution in [3.8, 4) is 11.5 Å². The molecule has 0 atom stereocenters. The van der Waals surface area contributed by atoms with Gasteiger partial charge >= 0.3 is 20.9 Å². The Kier molecular flexibility index (Phi) is 17.9. The highest BCUT2D eigenvalue weighted by molar-refractivity contribution is 6.60. The van der Waals surface area contributed by atoms with Crippen LogP contribution in [0.4, 0.5) is 4.79 Å². The Bertz CT molecular complexity index is 818. The lowest BCUT2D eigenvalue weighted by Crippen LogP contribution is -2.46. The van der Waals surface area contributed by atoms with Crippen LogP contribution in [0.3, 0.4) is 0 Å². The zero-order valence-electron chi connectivity index (χ0n) is 23.3. The van der Waals surface area contributed by atoms with Crippen LogP contribution in [0.25, 0.3) is 6.08 Å². The van der Waals surface area contributed by atoms with Crippen molar-refractivity contribution in [2.45, 2.75) is 65.8 Å². The molecule has 11 heteroatoms. The Labute approximate surface area is 228 Å². The van der Waals surface area contributed by atoms with E-state index in [2.05, 4.69) is 5.32 Å². The molecule has 1 amide bonds. The van der Waals surface area contributed by atoms with Crippen molar-refractivity contribution in [2.75, 3.05) is 46.2 Å². The van der Waals surface area contributed by atoms with Crippen LogP contribution in [-0.4, -0.2) is 72.2 Å². The molecule has 1 rings (SSSR count). The van der Waals surface area contributed by atoms with Gasteiger partial charge in [-0.2, -0.15) is 0 Å². The number of hydrogen-bond donors (Lipinski definition) is 2. The fraction of sp³-hybridized carbons (Fsp3) is 0.630. The average molecular weight is 556 g/mol. The molecule has 0 aromatic heterocycles. The van der Waals surface area contributed by atoms with Crippen LogP contribution >= 0.6 is 0 Å². The summed E-state index contributed by atoms with van der Waals surface area (Å²) in [5.74, 6) is 0.208. The summed E-state index contributed by atoms with van der Waals surface area (Å²) in [6.07, 6.45) is 6.34. The van der Waals surface area contributed by atoms with E-state index in [-0.39, 0.29) is 0 Å². The number of rotatable bonds is 22. The van der Waals surface area contributed by atoms with Gasteiger partial charge in [0.05, 0.1) is 19.8 Å². The predicted octanol–water partition coefficient (Wildman–Crippen LogP) is 5.29. The number of benzene rings is 1. The zero-order valence-corrected chi connectivity index (χ0v) is 24.3. The molecule has 0 bridgehead atoms. The van der Waals surface area contributed by atoms with Crippen LogP contribution in [-0.2, 0) is 22.8 Å². The quantitative estimate of drug-likeness (QED) is 0.112. The lowest BCUT2D eigenvalue weighted by atomic mass is 10.2. The monoisotopic (exact) mass is 555 g/mol. The molecule has 0 saturated heterocycles. The predicted molar refractivity (Wildman–Crippen MR) is 148 cm³/mol. The first-order chi connectivity index (χ1) is 18.4. The second-order valence-corrected chi connectivity index (χ2v) is 11.0. The molecule has 10 nitrogen and oxygen atoms in total. The molecule has 2 N–H and O–H groups in total. The summed E-state index contributed by atoms with van der Waals surface area (Å²) in [5.41, 5.74) is 0.726. The van der Waals surface area contributed by atoms with E-state index in [0.717, 1.165) is 37.3 Å². The van der Waals surface area contributed by atoms with Crippen LogP contribution in [0, 0.1) is 0 Å². The van der Waals surface area contributed by atoms with Gasteiger partial charge in [0.15, 0.2) is 11.5 Å². The highest BCUT2D eigenvalue weighted by Crippen LogP contribution is 2.29. The zero-order chi connectivity index (χ0) is 28.1. The molecule has 1 aromatic carbocycles. The highest BCUT2D eigenvalue weighted by atomic mass is 28.4. The van der Waals surface area contributed by atoms with Gasteiger partial charge in [0.2, 0.25) is 0 Å². The van der Waals surface area contributed by atoms with E-state index in [1.165, 1.54) is 6.08 Å². The lowest BCUT2D eigenvalue weighted by molar-refractivity contribution is -0.131. The van der Waals surface area contributed by atoms with Crippen LogP contribution in [0.5, 0.6) is 11.5 Å². The minimum atomic E-state index is -2.69. The molecule has 0 unspecified atom stereocenters. The summed E-state index contributed by atoms with van der Waals surface area (Å²) in [7, 11) is -2.69. The van der Waals surface area contributed by atoms with Crippen molar-refractivity contribution in [2.24, 2.45) is 0 Å². The second-order valence-electron chi connectivity index (χ2n) is 8.22. The number of alkyl carbamates (subject to hydrolysis) is 1. The summed E-state index contributed by atoms with van der Waals surface area (Å²) in [6.45, 7) is 11.1. The van der Waals surface area contributed by atoms with Gasteiger partial charge in [0, 0.05) is 38.5 Å². The van der Waals surface area contributed by atoms with Gasteiger partial charge < -0.3 is 37.9 Å². The maximum atomic E-state index is 11.9. The summed E-state index contributed by atoms with van der Waals surface area (Å²) in [5, 5.41) is 11.6. The summed E-state index contributed by atoms with van der Waals surface area (Å²) < 4.78 is 34.2. The molecule has 0 spiro atoms. The Hall–Kier alpha value is -2.60. The van der Waals surface area contributed by atoms with Gasteiger partial charge in [0.25, 0.3) is 0 Å². The van der Waals surface area contributed by atoms with Gasteiger partial charge in [-0.1, -0.05) is 6.07 Å². The van der Waals surface area contributed by atoms with E-state index < -0.39 is 20.9 Å². The minimum absolute atomic E-state index is 0.363. The number of ether oxygens (including phenoxy) is 3. The van der Waals surface area contributed by atoms with E-state index in [4.69, 9.17) is 32.6 Å². The number of unbranched alkanes of at least 4 members (excludes halogenated alkanes) is 3. The van der Waals surface area contributed by atoms with Gasteiger partial charge in [-0.25, -0.2) is 9.59 Å². The van der Waals surface area contributed by atoms with Crippen LogP contribution in [0.1, 0.15) is 65.4 Å². The maximum absolute atomic E-state index is 11.9. The molecule has 0 fully saturated rings. The molecule has 216 valence electrons. The van der Waals surface area contributed by atoms with Crippen molar-refractivity contribution >= 4 is 26.9 Å². The lowest BCUT2D eigenvalue weighted by Gasteiger charge is -2.28. The molecule has 0 saturated carbocycles. The number of nitrogens with one attached hydrogen (secondary N) is 1. The van der Waals surface area contributed by atoms with Gasteiger partial charge in [-0.05, 0) is 83.6 Å². The molecule has 38 heavy (non-hydrogen) atoms. The van der Waals surface area contributed by atoms with Crippen LogP contribution in [0.15, 0.2) is 24.3 Å². The van der Waals surface area contributed by atoms with E-state index in [1.54, 1.807) is 18.2 Å². The van der Waals surface area contributed by atoms with Crippen molar-refractivity contribution in [3.63, 3.8) is 0 Å². The minimum Gasteiger partial charge on any atom is -0.490 e. The third-order valence-corrected chi connectivity index (χ3v) is 8.39. The van der Waals surface area contributed by atoms with E-state index in [9.17, 15) is 9.59 Å². The number of aliphatic carboxylic acids is 1. The van der Waals surface area contributed by atoms with Gasteiger partial charge in [0.1, 0.15) is 0 Å². The molecular weight excluding hydrogens is 510 g/mol. The number of carbonyl (C=O) groups excluding carboxylic acids is 1. The topological polar surface area (TPSA) is 122 Å². The first kappa shape index (κ1) is 33.4. The SMILES string of the molecule is CCOc1cc(C=CC(=O)O)ccc1OCCCCCCOC(=O)NCCC[Si](OCC)(OCC)OCC. The Morgan fingerprint density at radius 2 is 1.50 bits per heavy atom. The normalized spacial score (nSPS) is 11.5. The van der Waals surface area contributed by atoms with Crippen molar-refractivity contribution in [3.05, 3.63) is 29.8 Å². The van der Waals surface area contributed by atoms with Crippen molar-refractivity contribution < 1.29 is 42.2 Å². The largest absolute Gasteiger partial charge is 0.500 e. The van der Waals surface area contributed by atoms with E-state index >= 15 is 0 Å². The first-order valence-corrected chi connectivity index (χ1v) is 15.5. The fourth-order valence-corrected chi connectivity index (χ4v) is 6.25. The number of amides is 1.